The SMILES string of the molecule is NC1(CC2CCCCS2)CCCC1. The molecule has 0 amide bonds. The van der Waals surface area contributed by atoms with Crippen LogP contribution in [0.5, 0.6) is 0 Å². The molecule has 0 bridgehead atoms. The Morgan fingerprint density at radius 3 is 2.54 bits per heavy atom. The first-order chi connectivity index (χ1) is 6.29. The average molecular weight is 199 g/mol. The van der Waals surface area contributed by atoms with Crippen molar-refractivity contribution < 1.29 is 0 Å². The van der Waals surface area contributed by atoms with E-state index in [4.69, 9.17) is 5.73 Å². The van der Waals surface area contributed by atoms with Crippen molar-refractivity contribution in [1.82, 2.24) is 0 Å². The van der Waals surface area contributed by atoms with Crippen molar-refractivity contribution in [2.24, 2.45) is 5.73 Å². The molecular weight excluding hydrogens is 178 g/mol. The Bertz CT molecular complexity index is 157. The fraction of sp³-hybridized carbons (Fsp3) is 1.00. The molecule has 2 heteroatoms. The van der Waals surface area contributed by atoms with Crippen molar-refractivity contribution >= 4 is 11.8 Å². The van der Waals surface area contributed by atoms with E-state index in [9.17, 15) is 0 Å². The molecule has 1 saturated carbocycles. The number of hydrogen-bond donors (Lipinski definition) is 1. The summed E-state index contributed by atoms with van der Waals surface area (Å²) in [5, 5.41) is 0.886. The van der Waals surface area contributed by atoms with E-state index in [-0.39, 0.29) is 5.54 Å². The highest BCUT2D eigenvalue weighted by atomic mass is 32.2. The summed E-state index contributed by atoms with van der Waals surface area (Å²) in [7, 11) is 0. The predicted octanol–water partition coefficient (Wildman–Crippen LogP) is 2.93. The first-order valence-corrected chi connectivity index (χ1v) is 6.74. The molecule has 2 rings (SSSR count). The van der Waals surface area contributed by atoms with Gasteiger partial charge >= 0.3 is 0 Å². The molecule has 0 aromatic carbocycles. The average Bonchev–Trinajstić information content (AvgIpc) is 2.54. The van der Waals surface area contributed by atoms with E-state index in [1.54, 1.807) is 0 Å². The molecule has 1 unspecified atom stereocenters. The normalized spacial score (nSPS) is 33.5. The van der Waals surface area contributed by atoms with Gasteiger partial charge in [-0.3, -0.25) is 0 Å². The van der Waals surface area contributed by atoms with E-state index in [0.717, 1.165) is 5.25 Å². The van der Waals surface area contributed by atoms with Gasteiger partial charge in [0.25, 0.3) is 0 Å². The van der Waals surface area contributed by atoms with E-state index in [1.165, 1.54) is 57.1 Å². The Hall–Kier alpha value is 0.310. The molecule has 2 aliphatic rings. The smallest absolute Gasteiger partial charge is 0.0164 e. The lowest BCUT2D eigenvalue weighted by Gasteiger charge is -2.30. The summed E-state index contributed by atoms with van der Waals surface area (Å²) in [6, 6.07) is 0. The van der Waals surface area contributed by atoms with Gasteiger partial charge in [-0.15, -0.1) is 0 Å². The van der Waals surface area contributed by atoms with Crippen molar-refractivity contribution in [2.75, 3.05) is 5.75 Å². The van der Waals surface area contributed by atoms with Crippen LogP contribution in [0.4, 0.5) is 0 Å². The minimum Gasteiger partial charge on any atom is -0.325 e. The monoisotopic (exact) mass is 199 g/mol. The molecule has 0 aromatic heterocycles. The maximum Gasteiger partial charge on any atom is 0.0164 e. The van der Waals surface area contributed by atoms with Crippen LogP contribution < -0.4 is 5.73 Å². The van der Waals surface area contributed by atoms with Crippen LogP contribution >= 0.6 is 11.8 Å². The van der Waals surface area contributed by atoms with Crippen LogP contribution in [0.2, 0.25) is 0 Å². The molecule has 1 atom stereocenters. The lowest BCUT2D eigenvalue weighted by molar-refractivity contribution is 0.389. The molecule has 2 N–H and O–H groups in total. The Balaban J connectivity index is 1.81. The Labute approximate surface area is 85.8 Å². The van der Waals surface area contributed by atoms with Gasteiger partial charge in [0.15, 0.2) is 0 Å². The van der Waals surface area contributed by atoms with E-state index in [1.807, 2.05) is 0 Å². The lowest BCUT2D eigenvalue weighted by Crippen LogP contribution is -2.39. The highest BCUT2D eigenvalue weighted by Crippen LogP contribution is 2.37. The quantitative estimate of drug-likeness (QED) is 0.740. The first kappa shape index (κ1) is 9.85. The van der Waals surface area contributed by atoms with Crippen LogP contribution in [0.15, 0.2) is 0 Å². The van der Waals surface area contributed by atoms with Crippen molar-refractivity contribution in [3.63, 3.8) is 0 Å². The minimum atomic E-state index is 0.231. The third-order valence-corrected chi connectivity index (χ3v) is 4.91. The van der Waals surface area contributed by atoms with E-state index in [2.05, 4.69) is 11.8 Å². The summed E-state index contributed by atoms with van der Waals surface area (Å²) >= 11 is 2.17. The molecule has 1 nitrogen and oxygen atoms in total. The lowest BCUT2D eigenvalue weighted by atomic mass is 9.91. The Morgan fingerprint density at radius 1 is 1.15 bits per heavy atom. The molecule has 0 radical (unpaired) electrons. The molecule has 1 saturated heterocycles. The summed E-state index contributed by atoms with van der Waals surface area (Å²) in [6.07, 6.45) is 10.9. The zero-order chi connectivity index (χ0) is 9.15. The maximum absolute atomic E-state index is 6.38. The van der Waals surface area contributed by atoms with Crippen LogP contribution in [0.1, 0.15) is 51.4 Å². The van der Waals surface area contributed by atoms with Crippen LogP contribution in [-0.4, -0.2) is 16.5 Å². The molecule has 0 aromatic rings. The largest absolute Gasteiger partial charge is 0.325 e. The van der Waals surface area contributed by atoms with Gasteiger partial charge in [-0.1, -0.05) is 19.3 Å². The second-order valence-corrected chi connectivity index (χ2v) is 6.17. The van der Waals surface area contributed by atoms with Crippen molar-refractivity contribution in [3.05, 3.63) is 0 Å². The molecule has 0 spiro atoms. The molecular formula is C11H21NS. The summed E-state index contributed by atoms with van der Waals surface area (Å²) in [4.78, 5) is 0. The number of rotatable bonds is 2. The third-order valence-electron chi connectivity index (χ3n) is 3.51. The summed E-state index contributed by atoms with van der Waals surface area (Å²) in [5.41, 5.74) is 6.61. The van der Waals surface area contributed by atoms with E-state index >= 15 is 0 Å². The number of thioether (sulfide) groups is 1. The Morgan fingerprint density at radius 2 is 1.92 bits per heavy atom. The topological polar surface area (TPSA) is 26.0 Å². The molecule has 2 fully saturated rings. The summed E-state index contributed by atoms with van der Waals surface area (Å²) in [5.74, 6) is 1.38. The second-order valence-electron chi connectivity index (χ2n) is 4.76. The van der Waals surface area contributed by atoms with Gasteiger partial charge in [0.1, 0.15) is 0 Å². The van der Waals surface area contributed by atoms with Gasteiger partial charge in [0.05, 0.1) is 0 Å². The number of nitrogens with two attached hydrogens (primary N) is 1. The van der Waals surface area contributed by atoms with Crippen LogP contribution in [0.25, 0.3) is 0 Å². The van der Waals surface area contributed by atoms with Gasteiger partial charge in [0.2, 0.25) is 0 Å². The van der Waals surface area contributed by atoms with Crippen LogP contribution in [-0.2, 0) is 0 Å². The third kappa shape index (κ3) is 2.63. The van der Waals surface area contributed by atoms with Crippen molar-refractivity contribution in [3.8, 4) is 0 Å². The standard InChI is InChI=1S/C11H21NS/c12-11(6-2-3-7-11)9-10-5-1-4-8-13-10/h10H,1-9,12H2. The zero-order valence-corrected chi connectivity index (χ0v) is 9.24. The van der Waals surface area contributed by atoms with Gasteiger partial charge in [-0.25, -0.2) is 0 Å². The summed E-state index contributed by atoms with van der Waals surface area (Å²) < 4.78 is 0. The van der Waals surface area contributed by atoms with Crippen LogP contribution in [0.3, 0.4) is 0 Å². The second kappa shape index (κ2) is 4.22. The maximum atomic E-state index is 6.38. The predicted molar refractivity (Wildman–Crippen MR) is 60.1 cm³/mol. The first-order valence-electron chi connectivity index (χ1n) is 5.69. The fourth-order valence-electron chi connectivity index (χ4n) is 2.71. The van der Waals surface area contributed by atoms with E-state index in [0.29, 0.717) is 0 Å². The molecule has 1 aliphatic carbocycles. The minimum absolute atomic E-state index is 0.231. The zero-order valence-electron chi connectivity index (χ0n) is 8.43. The van der Waals surface area contributed by atoms with Crippen molar-refractivity contribution in [1.29, 1.82) is 0 Å². The molecule has 76 valence electrons. The molecule has 1 heterocycles. The summed E-state index contributed by atoms with van der Waals surface area (Å²) in [6.45, 7) is 0. The van der Waals surface area contributed by atoms with E-state index < -0.39 is 0 Å². The van der Waals surface area contributed by atoms with Gasteiger partial charge < -0.3 is 5.73 Å². The Kier molecular flexibility index (Phi) is 3.20. The highest BCUT2D eigenvalue weighted by molar-refractivity contribution is 7.99. The van der Waals surface area contributed by atoms with Crippen LogP contribution in [0, 0.1) is 0 Å². The number of hydrogen-bond acceptors (Lipinski definition) is 2. The highest BCUT2D eigenvalue weighted by Gasteiger charge is 2.32. The van der Waals surface area contributed by atoms with Gasteiger partial charge in [-0.05, 0) is 37.9 Å². The fourth-order valence-corrected chi connectivity index (χ4v) is 4.19. The molecule has 13 heavy (non-hydrogen) atoms. The van der Waals surface area contributed by atoms with Gasteiger partial charge in [0, 0.05) is 10.8 Å². The van der Waals surface area contributed by atoms with Gasteiger partial charge in [-0.2, -0.15) is 11.8 Å². The molecule has 1 aliphatic heterocycles. The van der Waals surface area contributed by atoms with Crippen molar-refractivity contribution in [2.45, 2.75) is 62.2 Å².